The number of thiophene rings is 1. The van der Waals surface area contributed by atoms with Crippen LogP contribution in [-0.4, -0.2) is 19.3 Å². The van der Waals surface area contributed by atoms with Crippen LogP contribution in [0.1, 0.15) is 39.8 Å². The standard InChI is InChI=1S/C17H20O3S/c1-19-13-7-12(8-14(10-13)20-2)17(18)16-9-11-5-3-4-6-15(11)21-16/h7-10,17-18H,3-6H2,1-2H3. The maximum Gasteiger partial charge on any atom is 0.122 e. The number of aliphatic hydroxyl groups excluding tert-OH is 1. The van der Waals surface area contributed by atoms with Gasteiger partial charge in [0.05, 0.1) is 14.2 Å². The molecule has 1 N–H and O–H groups in total. The summed E-state index contributed by atoms with van der Waals surface area (Å²) in [7, 11) is 3.24. The van der Waals surface area contributed by atoms with E-state index in [4.69, 9.17) is 9.47 Å². The van der Waals surface area contributed by atoms with E-state index in [1.807, 2.05) is 18.2 Å². The first-order chi connectivity index (χ1) is 10.2. The van der Waals surface area contributed by atoms with Gasteiger partial charge in [0.15, 0.2) is 0 Å². The molecule has 1 heterocycles. The molecular weight excluding hydrogens is 284 g/mol. The Labute approximate surface area is 129 Å². The fourth-order valence-corrected chi connectivity index (χ4v) is 4.07. The van der Waals surface area contributed by atoms with Gasteiger partial charge in [-0.15, -0.1) is 11.3 Å². The zero-order valence-corrected chi connectivity index (χ0v) is 13.2. The minimum absolute atomic E-state index is 0.621. The predicted molar refractivity (Wildman–Crippen MR) is 84.6 cm³/mol. The zero-order valence-electron chi connectivity index (χ0n) is 12.4. The molecule has 1 aromatic carbocycles. The van der Waals surface area contributed by atoms with Crippen molar-refractivity contribution in [3.63, 3.8) is 0 Å². The fraction of sp³-hybridized carbons (Fsp3) is 0.412. The summed E-state index contributed by atoms with van der Waals surface area (Å²) in [5.41, 5.74) is 2.22. The van der Waals surface area contributed by atoms with E-state index in [1.165, 1.54) is 23.3 Å². The Balaban J connectivity index is 1.93. The molecule has 0 bridgehead atoms. The summed E-state index contributed by atoms with van der Waals surface area (Å²) in [4.78, 5) is 2.45. The van der Waals surface area contributed by atoms with Gasteiger partial charge >= 0.3 is 0 Å². The number of ether oxygens (including phenoxy) is 2. The van der Waals surface area contributed by atoms with Gasteiger partial charge in [0.25, 0.3) is 0 Å². The van der Waals surface area contributed by atoms with E-state index in [-0.39, 0.29) is 0 Å². The number of fused-ring (bicyclic) bond motifs is 1. The molecule has 1 unspecified atom stereocenters. The second-order valence-electron chi connectivity index (χ2n) is 5.35. The van der Waals surface area contributed by atoms with Gasteiger partial charge in [-0.05, 0) is 55.0 Å². The van der Waals surface area contributed by atoms with Crippen LogP contribution < -0.4 is 9.47 Å². The summed E-state index contributed by atoms with van der Waals surface area (Å²) in [6.07, 6.45) is 4.18. The third-order valence-electron chi connectivity index (χ3n) is 3.97. The van der Waals surface area contributed by atoms with Crippen molar-refractivity contribution in [3.05, 3.63) is 45.1 Å². The highest BCUT2D eigenvalue weighted by Crippen LogP contribution is 2.37. The van der Waals surface area contributed by atoms with Crippen molar-refractivity contribution in [2.45, 2.75) is 31.8 Å². The number of hydrogen-bond donors (Lipinski definition) is 1. The van der Waals surface area contributed by atoms with Gasteiger partial charge in [-0.1, -0.05) is 0 Å². The van der Waals surface area contributed by atoms with Crippen LogP contribution in [0.15, 0.2) is 24.3 Å². The largest absolute Gasteiger partial charge is 0.497 e. The first-order valence-corrected chi connectivity index (χ1v) is 8.05. The lowest BCUT2D eigenvalue weighted by molar-refractivity contribution is 0.223. The molecule has 2 aromatic rings. The van der Waals surface area contributed by atoms with Crippen LogP contribution in [0.5, 0.6) is 11.5 Å². The van der Waals surface area contributed by atoms with Crippen LogP contribution in [0.25, 0.3) is 0 Å². The Hall–Kier alpha value is -1.52. The van der Waals surface area contributed by atoms with E-state index in [9.17, 15) is 5.11 Å². The molecule has 0 radical (unpaired) electrons. The monoisotopic (exact) mass is 304 g/mol. The summed E-state index contributed by atoms with van der Waals surface area (Å²) < 4.78 is 10.6. The van der Waals surface area contributed by atoms with Crippen LogP contribution in [-0.2, 0) is 12.8 Å². The lowest BCUT2D eigenvalue weighted by Crippen LogP contribution is -1.99. The Bertz CT molecular complexity index is 587. The molecule has 1 aliphatic rings. The van der Waals surface area contributed by atoms with E-state index >= 15 is 0 Å². The molecule has 0 spiro atoms. The molecule has 0 saturated carbocycles. The number of methoxy groups -OCH3 is 2. The molecule has 1 atom stereocenters. The Morgan fingerprint density at radius 1 is 1.00 bits per heavy atom. The van der Waals surface area contributed by atoms with Crippen molar-refractivity contribution in [2.75, 3.05) is 14.2 Å². The number of rotatable bonds is 4. The highest BCUT2D eigenvalue weighted by molar-refractivity contribution is 7.12. The van der Waals surface area contributed by atoms with Crippen molar-refractivity contribution in [1.29, 1.82) is 0 Å². The molecule has 0 saturated heterocycles. The molecule has 21 heavy (non-hydrogen) atoms. The number of hydrogen-bond acceptors (Lipinski definition) is 4. The first-order valence-electron chi connectivity index (χ1n) is 7.24. The third-order valence-corrected chi connectivity index (χ3v) is 5.26. The second-order valence-corrected chi connectivity index (χ2v) is 6.52. The summed E-state index contributed by atoms with van der Waals surface area (Å²) in [6.45, 7) is 0. The number of benzene rings is 1. The minimum atomic E-state index is -0.621. The van der Waals surface area contributed by atoms with Crippen LogP contribution >= 0.6 is 11.3 Å². The van der Waals surface area contributed by atoms with Gasteiger partial charge in [-0.25, -0.2) is 0 Å². The van der Waals surface area contributed by atoms with Gasteiger partial charge in [0, 0.05) is 15.8 Å². The summed E-state index contributed by atoms with van der Waals surface area (Å²) >= 11 is 1.73. The lowest BCUT2D eigenvalue weighted by atomic mass is 9.98. The van der Waals surface area contributed by atoms with Gasteiger partial charge < -0.3 is 14.6 Å². The minimum Gasteiger partial charge on any atom is -0.497 e. The maximum absolute atomic E-state index is 10.7. The summed E-state index contributed by atoms with van der Waals surface area (Å²) in [5, 5.41) is 10.7. The molecule has 0 amide bonds. The van der Waals surface area contributed by atoms with Crippen LogP contribution in [0.2, 0.25) is 0 Å². The van der Waals surface area contributed by atoms with E-state index in [0.29, 0.717) is 11.5 Å². The van der Waals surface area contributed by atoms with Crippen LogP contribution in [0, 0.1) is 0 Å². The van der Waals surface area contributed by atoms with Crippen LogP contribution in [0.3, 0.4) is 0 Å². The Morgan fingerprint density at radius 2 is 1.67 bits per heavy atom. The second kappa shape index (κ2) is 6.08. The smallest absolute Gasteiger partial charge is 0.122 e. The van der Waals surface area contributed by atoms with E-state index in [2.05, 4.69) is 6.07 Å². The van der Waals surface area contributed by atoms with Gasteiger partial charge in [0.1, 0.15) is 17.6 Å². The normalized spacial score (nSPS) is 15.4. The molecule has 0 fully saturated rings. The average molecular weight is 304 g/mol. The number of aliphatic hydroxyl groups is 1. The Kier molecular flexibility index (Phi) is 4.17. The average Bonchev–Trinajstić information content (AvgIpc) is 2.97. The highest BCUT2D eigenvalue weighted by Gasteiger charge is 2.20. The molecule has 0 aliphatic heterocycles. The molecule has 3 nitrogen and oxygen atoms in total. The van der Waals surface area contributed by atoms with Gasteiger partial charge in [0.2, 0.25) is 0 Å². The van der Waals surface area contributed by atoms with E-state index < -0.39 is 6.10 Å². The van der Waals surface area contributed by atoms with Crippen molar-refractivity contribution < 1.29 is 14.6 Å². The molecule has 1 aliphatic carbocycles. The topological polar surface area (TPSA) is 38.7 Å². The predicted octanol–water partition coefficient (Wildman–Crippen LogP) is 3.73. The van der Waals surface area contributed by atoms with E-state index in [0.717, 1.165) is 23.3 Å². The van der Waals surface area contributed by atoms with E-state index in [1.54, 1.807) is 25.6 Å². The molecule has 1 aromatic heterocycles. The SMILES string of the molecule is COc1cc(OC)cc(C(O)c2cc3c(s2)CCCC3)c1. The fourth-order valence-electron chi connectivity index (χ4n) is 2.80. The Morgan fingerprint density at radius 3 is 2.29 bits per heavy atom. The lowest BCUT2D eigenvalue weighted by Gasteiger charge is -2.12. The molecule has 4 heteroatoms. The van der Waals surface area contributed by atoms with Crippen molar-refractivity contribution in [3.8, 4) is 11.5 Å². The molecular formula is C17H20O3S. The molecule has 112 valence electrons. The number of aryl methyl sites for hydroxylation is 2. The third kappa shape index (κ3) is 2.92. The highest BCUT2D eigenvalue weighted by atomic mass is 32.1. The quantitative estimate of drug-likeness (QED) is 0.935. The van der Waals surface area contributed by atoms with Gasteiger partial charge in [-0.2, -0.15) is 0 Å². The summed E-state index contributed by atoms with van der Waals surface area (Å²) in [5.74, 6) is 1.40. The maximum atomic E-state index is 10.7. The van der Waals surface area contributed by atoms with Crippen molar-refractivity contribution in [1.82, 2.24) is 0 Å². The summed E-state index contributed by atoms with van der Waals surface area (Å²) in [6, 6.07) is 7.71. The van der Waals surface area contributed by atoms with Crippen molar-refractivity contribution in [2.24, 2.45) is 0 Å². The van der Waals surface area contributed by atoms with Crippen molar-refractivity contribution >= 4 is 11.3 Å². The van der Waals surface area contributed by atoms with Crippen LogP contribution in [0.4, 0.5) is 0 Å². The zero-order chi connectivity index (χ0) is 14.8. The first kappa shape index (κ1) is 14.4. The van der Waals surface area contributed by atoms with Gasteiger partial charge in [-0.3, -0.25) is 0 Å². The molecule has 3 rings (SSSR count).